The maximum Gasteiger partial charge on any atom is 0.255 e. The lowest BCUT2D eigenvalue weighted by Gasteiger charge is -2.50. The van der Waals surface area contributed by atoms with Gasteiger partial charge in [-0.1, -0.05) is 24.9 Å². The Morgan fingerprint density at radius 1 is 1.21 bits per heavy atom. The summed E-state index contributed by atoms with van der Waals surface area (Å²) in [6.07, 6.45) is 2.20. The van der Waals surface area contributed by atoms with Gasteiger partial charge >= 0.3 is 0 Å². The number of rotatable bonds is 7. The van der Waals surface area contributed by atoms with Gasteiger partial charge in [-0.25, -0.2) is 0 Å². The predicted octanol–water partition coefficient (Wildman–Crippen LogP) is 2.01. The van der Waals surface area contributed by atoms with Crippen LogP contribution in [0.1, 0.15) is 47.7 Å². The number of unbranched alkanes of at least 4 members (excludes halogenated alkanes) is 1. The number of primary amides is 1. The van der Waals surface area contributed by atoms with Gasteiger partial charge in [-0.15, -0.1) is 0 Å². The van der Waals surface area contributed by atoms with Crippen LogP contribution >= 0.6 is 11.6 Å². The SMILES string of the molecule is CCCCN(C)Cc1cc(O)c2c(c1Cl)C[C@H]1C[C@H]3[C@H](N(C)C)C(O)=C(C(N)=O)C(=O)[C@@]3(O)C(O)=C1C2=O. The molecular weight excluding hydrogens is 514 g/mol. The number of aliphatic hydroxyl groups is 3. The number of fused-ring (bicyclic) bond motifs is 3. The van der Waals surface area contributed by atoms with Gasteiger partial charge in [-0.3, -0.25) is 19.3 Å². The molecule has 0 bridgehead atoms. The number of Topliss-reactive ketones (excluding diaryl/α,β-unsaturated/α-hetero) is 2. The van der Waals surface area contributed by atoms with Crippen molar-refractivity contribution < 1.29 is 34.8 Å². The summed E-state index contributed by atoms with van der Waals surface area (Å²) in [7, 11) is 5.11. The molecule has 11 heteroatoms. The molecule has 10 nitrogen and oxygen atoms in total. The summed E-state index contributed by atoms with van der Waals surface area (Å²) >= 11 is 6.77. The van der Waals surface area contributed by atoms with Crippen LogP contribution in [0.5, 0.6) is 5.75 Å². The molecule has 0 spiro atoms. The smallest absolute Gasteiger partial charge is 0.255 e. The Morgan fingerprint density at radius 2 is 1.87 bits per heavy atom. The number of hydrogen-bond acceptors (Lipinski definition) is 9. The van der Waals surface area contributed by atoms with Crippen LogP contribution in [0.4, 0.5) is 0 Å². The molecule has 38 heavy (non-hydrogen) atoms. The molecule has 4 atom stereocenters. The largest absolute Gasteiger partial charge is 0.510 e. The Balaban J connectivity index is 1.85. The molecule has 0 aliphatic heterocycles. The summed E-state index contributed by atoms with van der Waals surface area (Å²) < 4.78 is 0. The highest BCUT2D eigenvalue weighted by molar-refractivity contribution is 6.33. The minimum absolute atomic E-state index is 0.0173. The van der Waals surface area contributed by atoms with Gasteiger partial charge in [0.05, 0.1) is 11.6 Å². The monoisotopic (exact) mass is 547 g/mol. The zero-order valence-corrected chi connectivity index (χ0v) is 22.7. The lowest BCUT2D eigenvalue weighted by atomic mass is 9.58. The van der Waals surface area contributed by atoms with Crippen molar-refractivity contribution in [1.82, 2.24) is 9.80 Å². The van der Waals surface area contributed by atoms with Crippen LogP contribution in [-0.2, 0) is 22.6 Å². The van der Waals surface area contributed by atoms with E-state index in [1.807, 2.05) is 7.05 Å². The van der Waals surface area contributed by atoms with Crippen molar-refractivity contribution in [3.05, 3.63) is 50.4 Å². The van der Waals surface area contributed by atoms with E-state index < -0.39 is 58.0 Å². The first-order chi connectivity index (χ1) is 17.8. The van der Waals surface area contributed by atoms with Crippen molar-refractivity contribution in [1.29, 1.82) is 0 Å². The number of phenols is 1. The van der Waals surface area contributed by atoms with Crippen LogP contribution in [0.3, 0.4) is 0 Å². The molecule has 1 amide bonds. The number of ketones is 2. The van der Waals surface area contributed by atoms with Gasteiger partial charge in [0, 0.05) is 23.1 Å². The summed E-state index contributed by atoms with van der Waals surface area (Å²) in [4.78, 5) is 42.7. The molecule has 206 valence electrons. The fourth-order valence-corrected chi connectivity index (χ4v) is 6.55. The Morgan fingerprint density at radius 3 is 2.45 bits per heavy atom. The Kier molecular flexibility index (Phi) is 7.39. The van der Waals surface area contributed by atoms with E-state index >= 15 is 0 Å². The average molecular weight is 548 g/mol. The molecule has 6 N–H and O–H groups in total. The van der Waals surface area contributed by atoms with Crippen molar-refractivity contribution in [3.8, 4) is 5.75 Å². The molecule has 3 aliphatic carbocycles. The average Bonchev–Trinajstić information content (AvgIpc) is 2.82. The van der Waals surface area contributed by atoms with Crippen LogP contribution in [0.25, 0.3) is 0 Å². The van der Waals surface area contributed by atoms with Crippen LogP contribution in [0, 0.1) is 11.8 Å². The number of aromatic hydroxyl groups is 1. The minimum atomic E-state index is -2.66. The van der Waals surface area contributed by atoms with E-state index in [0.717, 1.165) is 19.4 Å². The molecular formula is C27H34ClN3O7. The second-order valence-corrected chi connectivity index (χ2v) is 11.2. The van der Waals surface area contributed by atoms with Gasteiger partial charge in [0.2, 0.25) is 5.78 Å². The van der Waals surface area contributed by atoms with Crippen molar-refractivity contribution >= 4 is 29.1 Å². The van der Waals surface area contributed by atoms with Gasteiger partial charge in [0.1, 0.15) is 22.8 Å². The fourth-order valence-electron chi connectivity index (χ4n) is 6.27. The number of benzene rings is 1. The van der Waals surface area contributed by atoms with Gasteiger partial charge < -0.3 is 31.1 Å². The van der Waals surface area contributed by atoms with E-state index in [1.165, 1.54) is 11.0 Å². The summed E-state index contributed by atoms with van der Waals surface area (Å²) in [5.41, 5.74) is 2.65. The third-order valence-corrected chi connectivity index (χ3v) is 8.54. The quantitative estimate of drug-likeness (QED) is 0.321. The molecule has 0 heterocycles. The van der Waals surface area contributed by atoms with Crippen molar-refractivity contribution in [2.45, 2.75) is 50.8 Å². The molecule has 0 saturated carbocycles. The number of amides is 1. The summed E-state index contributed by atoms with van der Waals surface area (Å²) in [5.74, 6) is -6.81. The number of phenolic OH excluding ortho intramolecular Hbond substituents is 1. The highest BCUT2D eigenvalue weighted by Gasteiger charge is 2.63. The first kappa shape index (κ1) is 28.1. The third-order valence-electron chi connectivity index (χ3n) is 8.06. The van der Waals surface area contributed by atoms with E-state index in [-0.39, 0.29) is 29.7 Å². The topological polar surface area (TPSA) is 165 Å². The molecule has 0 radical (unpaired) electrons. The Labute approximate surface area is 226 Å². The van der Waals surface area contributed by atoms with Gasteiger partial charge in [-0.05, 0) is 70.1 Å². The van der Waals surface area contributed by atoms with Crippen molar-refractivity contribution in [2.75, 3.05) is 27.7 Å². The predicted molar refractivity (Wildman–Crippen MR) is 140 cm³/mol. The van der Waals surface area contributed by atoms with E-state index in [0.29, 0.717) is 22.7 Å². The second-order valence-electron chi connectivity index (χ2n) is 10.8. The number of nitrogens with two attached hydrogens (primary N) is 1. The molecule has 4 rings (SSSR count). The van der Waals surface area contributed by atoms with Crippen molar-refractivity contribution in [2.24, 2.45) is 17.6 Å². The number of carbonyl (C=O) groups excluding carboxylic acids is 3. The number of nitrogens with zero attached hydrogens (tertiary/aromatic N) is 2. The number of aliphatic hydroxyl groups excluding tert-OH is 2. The van der Waals surface area contributed by atoms with Crippen LogP contribution < -0.4 is 5.73 Å². The molecule has 3 aliphatic rings. The highest BCUT2D eigenvalue weighted by Crippen LogP contribution is 2.53. The van der Waals surface area contributed by atoms with Crippen molar-refractivity contribution in [3.63, 3.8) is 0 Å². The van der Waals surface area contributed by atoms with Gasteiger partial charge in [-0.2, -0.15) is 0 Å². The van der Waals surface area contributed by atoms with Crippen LogP contribution in [0.15, 0.2) is 28.7 Å². The maximum atomic E-state index is 13.7. The summed E-state index contributed by atoms with van der Waals surface area (Å²) in [5, 5.41) is 45.0. The number of hydrogen-bond donors (Lipinski definition) is 5. The van der Waals surface area contributed by atoms with E-state index in [1.54, 1.807) is 14.1 Å². The molecule has 0 unspecified atom stereocenters. The zero-order chi connectivity index (χ0) is 28.3. The Bertz CT molecular complexity index is 1290. The minimum Gasteiger partial charge on any atom is -0.510 e. The van der Waals surface area contributed by atoms with Gasteiger partial charge in [0.25, 0.3) is 5.91 Å². The molecule has 0 saturated heterocycles. The lowest BCUT2D eigenvalue weighted by Crippen LogP contribution is -2.63. The summed E-state index contributed by atoms with van der Waals surface area (Å²) in [6.45, 7) is 3.38. The number of halogens is 1. The van der Waals surface area contributed by atoms with E-state index in [2.05, 4.69) is 11.8 Å². The van der Waals surface area contributed by atoms with Crippen LogP contribution in [0.2, 0.25) is 5.02 Å². The lowest BCUT2D eigenvalue weighted by molar-refractivity contribution is -0.148. The second kappa shape index (κ2) is 10.00. The van der Waals surface area contributed by atoms with Crippen LogP contribution in [-0.4, -0.2) is 87.0 Å². The highest BCUT2D eigenvalue weighted by atomic mass is 35.5. The first-order valence-electron chi connectivity index (χ1n) is 12.6. The standard InChI is InChI=1S/C27H34ClN3O7/c1-5-6-7-31(4)11-13-10-16(32)18-14(20(13)28)8-12-9-15-21(30(2)3)23(34)19(26(29)37)25(36)27(15,38)24(35)17(12)22(18)33/h10,12,15,21,32,34-35,38H,5-9,11H2,1-4H3,(H2,29,37)/t12-,15-,21-,27-/m0/s1. The first-order valence-corrected chi connectivity index (χ1v) is 13.0. The molecule has 1 aromatic rings. The number of likely N-dealkylation sites (N-methyl/N-ethyl adjacent to an activating group) is 1. The Hall–Kier alpha value is -2.92. The molecule has 0 fully saturated rings. The fraction of sp³-hybridized carbons (Fsp3) is 0.519. The van der Waals surface area contributed by atoms with Gasteiger partial charge in [0.15, 0.2) is 11.4 Å². The zero-order valence-electron chi connectivity index (χ0n) is 21.9. The maximum absolute atomic E-state index is 13.7. The molecule has 0 aromatic heterocycles. The van der Waals surface area contributed by atoms with E-state index in [4.69, 9.17) is 17.3 Å². The number of carbonyl (C=O) groups is 3. The summed E-state index contributed by atoms with van der Waals surface area (Å²) in [6, 6.07) is 0.391. The third kappa shape index (κ3) is 4.10. The van der Waals surface area contributed by atoms with E-state index in [9.17, 15) is 34.8 Å². The molecule has 1 aromatic carbocycles. The normalized spacial score (nSPS) is 27.1. The number of allylic oxidation sites excluding steroid dienone is 1.